The summed E-state index contributed by atoms with van der Waals surface area (Å²) in [4.78, 5) is 13.5. The van der Waals surface area contributed by atoms with E-state index in [9.17, 15) is 4.79 Å². The van der Waals surface area contributed by atoms with Gasteiger partial charge in [0.05, 0.1) is 11.6 Å². The fourth-order valence-electron chi connectivity index (χ4n) is 1.09. The van der Waals surface area contributed by atoms with Crippen LogP contribution >= 0.6 is 0 Å². The van der Waals surface area contributed by atoms with Crippen LogP contribution in [0.25, 0.3) is 11.0 Å². The van der Waals surface area contributed by atoms with Crippen molar-refractivity contribution < 1.29 is 9.53 Å². The maximum absolute atomic E-state index is 10.7. The van der Waals surface area contributed by atoms with E-state index in [1.807, 2.05) is 0 Å². The summed E-state index contributed by atoms with van der Waals surface area (Å²) in [6, 6.07) is 1.73. The van der Waals surface area contributed by atoms with Gasteiger partial charge in [0.25, 0.3) is 0 Å². The van der Waals surface area contributed by atoms with E-state index < -0.39 is 0 Å². The minimum absolute atomic E-state index is 0.349. The van der Waals surface area contributed by atoms with Crippen LogP contribution in [-0.2, 0) is 4.79 Å². The van der Waals surface area contributed by atoms with Crippen molar-refractivity contribution >= 4 is 17.0 Å². The van der Waals surface area contributed by atoms with E-state index in [4.69, 9.17) is 4.74 Å². The summed E-state index contributed by atoms with van der Waals surface area (Å²) in [6.07, 6.45) is 3.13. The lowest BCUT2D eigenvalue weighted by Gasteiger charge is -1.95. The van der Waals surface area contributed by atoms with Crippen LogP contribution in [0.15, 0.2) is 18.5 Å². The van der Waals surface area contributed by atoms with Crippen LogP contribution in [0.4, 0.5) is 0 Å². The normalized spacial score (nSPS) is 10.2. The Hall–Kier alpha value is -1.91. The molecule has 2 heterocycles. The van der Waals surface area contributed by atoms with Crippen LogP contribution in [0.1, 0.15) is 6.92 Å². The average Bonchev–Trinajstić information content (AvgIpc) is 2.48. The molecular weight excluding hydrogens is 170 g/mol. The SMILES string of the molecule is CC(=O)Oc1c[nH]c2nnccc12. The van der Waals surface area contributed by atoms with Gasteiger partial charge in [-0.15, -0.1) is 5.10 Å². The summed E-state index contributed by atoms with van der Waals surface area (Å²) >= 11 is 0. The Morgan fingerprint density at radius 2 is 2.46 bits per heavy atom. The Morgan fingerprint density at radius 1 is 1.62 bits per heavy atom. The summed E-state index contributed by atoms with van der Waals surface area (Å²) < 4.78 is 4.93. The molecule has 2 rings (SSSR count). The quantitative estimate of drug-likeness (QED) is 0.656. The minimum Gasteiger partial charge on any atom is -0.424 e. The van der Waals surface area contributed by atoms with E-state index in [2.05, 4.69) is 15.2 Å². The standard InChI is InChI=1S/C8H7N3O2/c1-5(12)13-7-4-9-8-6(7)2-3-10-11-8/h2-4H,1H3,(H,9,11). The number of ether oxygens (including phenoxy) is 1. The zero-order valence-electron chi connectivity index (χ0n) is 6.94. The number of hydrogen-bond acceptors (Lipinski definition) is 4. The number of nitrogens with zero attached hydrogens (tertiary/aromatic N) is 2. The summed E-state index contributed by atoms with van der Waals surface area (Å²) in [5, 5.41) is 8.25. The number of H-pyrrole nitrogens is 1. The Bertz CT molecular complexity index is 449. The van der Waals surface area contributed by atoms with Crippen molar-refractivity contribution in [3.05, 3.63) is 18.5 Å². The number of hydrogen-bond donors (Lipinski definition) is 1. The van der Waals surface area contributed by atoms with E-state index >= 15 is 0 Å². The van der Waals surface area contributed by atoms with Gasteiger partial charge in [0.2, 0.25) is 0 Å². The molecule has 0 unspecified atom stereocenters. The predicted molar refractivity (Wildman–Crippen MR) is 45.2 cm³/mol. The number of aromatic nitrogens is 3. The lowest BCUT2D eigenvalue weighted by atomic mass is 10.3. The van der Waals surface area contributed by atoms with Crippen LogP contribution in [0.2, 0.25) is 0 Å². The van der Waals surface area contributed by atoms with Crippen molar-refractivity contribution in [2.24, 2.45) is 0 Å². The average molecular weight is 177 g/mol. The lowest BCUT2D eigenvalue weighted by Crippen LogP contribution is -2.00. The van der Waals surface area contributed by atoms with Crippen LogP contribution < -0.4 is 4.74 Å². The zero-order valence-corrected chi connectivity index (χ0v) is 6.94. The second kappa shape index (κ2) is 2.85. The van der Waals surface area contributed by atoms with E-state index in [1.165, 1.54) is 6.92 Å². The fraction of sp³-hybridized carbons (Fsp3) is 0.125. The van der Waals surface area contributed by atoms with Gasteiger partial charge in [0.15, 0.2) is 11.4 Å². The predicted octanol–water partition coefficient (Wildman–Crippen LogP) is 0.883. The maximum atomic E-state index is 10.7. The number of carbonyl (C=O) groups excluding carboxylic acids is 1. The van der Waals surface area contributed by atoms with Gasteiger partial charge in [-0.1, -0.05) is 0 Å². The van der Waals surface area contributed by atoms with Crippen LogP contribution in [0, 0.1) is 0 Å². The summed E-state index contributed by atoms with van der Waals surface area (Å²) in [7, 11) is 0. The number of rotatable bonds is 1. The van der Waals surface area contributed by atoms with Crippen molar-refractivity contribution in [1.29, 1.82) is 0 Å². The van der Waals surface area contributed by atoms with Crippen molar-refractivity contribution in [3.63, 3.8) is 0 Å². The number of nitrogens with one attached hydrogen (secondary N) is 1. The molecule has 0 aliphatic rings. The van der Waals surface area contributed by atoms with Gasteiger partial charge >= 0.3 is 5.97 Å². The minimum atomic E-state index is -0.349. The molecule has 0 fully saturated rings. The third-order valence-electron chi connectivity index (χ3n) is 1.58. The van der Waals surface area contributed by atoms with Crippen molar-refractivity contribution in [2.45, 2.75) is 6.92 Å². The van der Waals surface area contributed by atoms with Gasteiger partial charge in [-0.25, -0.2) is 0 Å². The zero-order chi connectivity index (χ0) is 9.26. The van der Waals surface area contributed by atoms with Crippen molar-refractivity contribution in [3.8, 4) is 5.75 Å². The Kier molecular flexibility index (Phi) is 1.70. The van der Waals surface area contributed by atoms with Crippen molar-refractivity contribution in [1.82, 2.24) is 15.2 Å². The second-order valence-corrected chi connectivity index (χ2v) is 2.54. The molecule has 1 N–H and O–H groups in total. The van der Waals surface area contributed by atoms with Gasteiger partial charge in [-0.3, -0.25) is 4.79 Å². The monoisotopic (exact) mass is 177 g/mol. The third kappa shape index (κ3) is 1.35. The molecule has 0 radical (unpaired) electrons. The van der Waals surface area contributed by atoms with Gasteiger partial charge in [0.1, 0.15) is 0 Å². The highest BCUT2D eigenvalue weighted by Crippen LogP contribution is 2.22. The molecule has 0 amide bonds. The molecule has 0 aliphatic carbocycles. The maximum Gasteiger partial charge on any atom is 0.308 e. The highest BCUT2D eigenvalue weighted by Gasteiger charge is 2.06. The highest BCUT2D eigenvalue weighted by atomic mass is 16.5. The van der Waals surface area contributed by atoms with Gasteiger partial charge < -0.3 is 9.72 Å². The van der Waals surface area contributed by atoms with E-state index in [1.54, 1.807) is 18.5 Å². The number of aromatic amines is 1. The number of carbonyl (C=O) groups is 1. The Balaban J connectivity index is 2.51. The molecule has 0 aromatic carbocycles. The lowest BCUT2D eigenvalue weighted by molar-refractivity contribution is -0.131. The molecule has 13 heavy (non-hydrogen) atoms. The molecule has 0 saturated carbocycles. The molecule has 0 bridgehead atoms. The van der Waals surface area contributed by atoms with Gasteiger partial charge in [-0.2, -0.15) is 5.10 Å². The molecule has 5 heteroatoms. The molecule has 0 aliphatic heterocycles. The van der Waals surface area contributed by atoms with E-state index in [0.29, 0.717) is 11.4 Å². The Morgan fingerprint density at radius 3 is 3.23 bits per heavy atom. The summed E-state index contributed by atoms with van der Waals surface area (Å²) in [6.45, 7) is 1.35. The van der Waals surface area contributed by atoms with E-state index in [-0.39, 0.29) is 5.97 Å². The molecule has 0 saturated heterocycles. The largest absolute Gasteiger partial charge is 0.424 e. The molecule has 2 aromatic rings. The fourth-order valence-corrected chi connectivity index (χ4v) is 1.09. The highest BCUT2D eigenvalue weighted by molar-refractivity contribution is 5.85. The van der Waals surface area contributed by atoms with Gasteiger partial charge in [-0.05, 0) is 6.07 Å². The topological polar surface area (TPSA) is 67.9 Å². The van der Waals surface area contributed by atoms with Crippen LogP contribution in [0.3, 0.4) is 0 Å². The number of fused-ring (bicyclic) bond motifs is 1. The molecular formula is C8H7N3O2. The first kappa shape index (κ1) is 7.72. The molecule has 0 spiro atoms. The molecule has 66 valence electrons. The smallest absolute Gasteiger partial charge is 0.308 e. The van der Waals surface area contributed by atoms with Crippen LogP contribution in [0.5, 0.6) is 5.75 Å². The van der Waals surface area contributed by atoms with Crippen LogP contribution in [-0.4, -0.2) is 21.2 Å². The first-order valence-electron chi connectivity index (χ1n) is 3.74. The summed E-state index contributed by atoms with van der Waals surface area (Å²) in [5.41, 5.74) is 0.610. The third-order valence-corrected chi connectivity index (χ3v) is 1.58. The summed E-state index contributed by atoms with van der Waals surface area (Å²) in [5.74, 6) is 0.134. The van der Waals surface area contributed by atoms with Gasteiger partial charge in [0, 0.05) is 13.1 Å². The second-order valence-electron chi connectivity index (χ2n) is 2.54. The first-order chi connectivity index (χ1) is 6.27. The molecule has 5 nitrogen and oxygen atoms in total. The number of esters is 1. The first-order valence-corrected chi connectivity index (χ1v) is 3.74. The van der Waals surface area contributed by atoms with Crippen molar-refractivity contribution in [2.75, 3.05) is 0 Å². The Labute approximate surface area is 73.7 Å². The molecule has 2 aromatic heterocycles. The van der Waals surface area contributed by atoms with E-state index in [0.717, 1.165) is 5.39 Å². The molecule has 0 atom stereocenters.